The molecular weight excluding hydrogens is 537 g/mol. The number of carbonyl (C=O) groups excluding carboxylic acids is 2. The molecule has 13 heteroatoms. The molecule has 0 aromatic carbocycles. The summed E-state index contributed by atoms with van der Waals surface area (Å²) < 4.78 is 27.2. The van der Waals surface area contributed by atoms with E-state index in [0.29, 0.717) is 42.8 Å². The van der Waals surface area contributed by atoms with Crippen molar-refractivity contribution in [1.29, 1.82) is 0 Å². The molecule has 2 N–H and O–H groups in total. The minimum Gasteiger partial charge on any atom is -0.870 e. The van der Waals surface area contributed by atoms with Crippen LogP contribution in [0.25, 0.3) is 0 Å². The summed E-state index contributed by atoms with van der Waals surface area (Å²) in [5.41, 5.74) is 0.860. The van der Waals surface area contributed by atoms with E-state index in [0.717, 1.165) is 37.7 Å². The number of ether oxygens (including phenoxy) is 1. The van der Waals surface area contributed by atoms with Crippen LogP contribution in [0, 0.1) is 28.6 Å². The van der Waals surface area contributed by atoms with Gasteiger partial charge >= 0.3 is 72.9 Å². The van der Waals surface area contributed by atoms with Crippen LogP contribution in [0.15, 0.2) is 23.2 Å². The van der Waals surface area contributed by atoms with Gasteiger partial charge in [-0.2, -0.15) is 0 Å². The van der Waals surface area contributed by atoms with Gasteiger partial charge in [-0.1, -0.05) is 25.5 Å². The van der Waals surface area contributed by atoms with E-state index in [2.05, 4.69) is 24.7 Å². The Hall–Kier alpha value is 0.290. The van der Waals surface area contributed by atoms with Crippen LogP contribution in [0.3, 0.4) is 0 Å². The van der Waals surface area contributed by atoms with E-state index in [1.54, 1.807) is 0 Å². The van der Waals surface area contributed by atoms with Crippen molar-refractivity contribution in [2.24, 2.45) is 28.6 Å². The Balaban J connectivity index is 0.00000200. The quantitative estimate of drug-likeness (QED) is 0.137. The van der Waals surface area contributed by atoms with Crippen molar-refractivity contribution in [3.63, 3.8) is 0 Å². The van der Waals surface area contributed by atoms with Crippen molar-refractivity contribution >= 4 is 19.6 Å². The monoisotopic (exact) mass is 570 g/mol. The maximum absolute atomic E-state index is 12.6. The Kier molecular flexibility index (Phi) is 10.3. The van der Waals surface area contributed by atoms with E-state index in [-0.39, 0.29) is 69.9 Å². The molecule has 3 saturated carbocycles. The molecular formula is C25H33Na2O10P. The van der Waals surface area contributed by atoms with Crippen LogP contribution in [0.4, 0.5) is 0 Å². The summed E-state index contributed by atoms with van der Waals surface area (Å²) in [7, 11) is -5.10. The molecule has 4 aliphatic carbocycles. The average molecular weight is 570 g/mol. The normalized spacial score (nSPS) is 40.3. The van der Waals surface area contributed by atoms with E-state index in [1.165, 1.54) is 0 Å². The summed E-state index contributed by atoms with van der Waals surface area (Å²) in [6.45, 7) is 3.53. The largest absolute Gasteiger partial charge is 1.00 e. The molecule has 0 aromatic rings. The maximum atomic E-state index is 12.6. The van der Waals surface area contributed by atoms with Gasteiger partial charge in [0.1, 0.15) is 18.0 Å². The van der Waals surface area contributed by atoms with E-state index in [1.807, 2.05) is 0 Å². The van der Waals surface area contributed by atoms with E-state index in [9.17, 15) is 29.3 Å². The minimum absolute atomic E-state index is 0. The molecule has 0 amide bonds. The number of Topliss-reactive ketones (excluding diaryl/α,β-unsaturated/α-hetero) is 1. The van der Waals surface area contributed by atoms with E-state index in [4.69, 9.17) is 14.2 Å². The molecule has 1 aliphatic heterocycles. The number of aliphatic hydroxyl groups is 2. The number of esters is 1. The third kappa shape index (κ3) is 5.54. The molecule has 5 rings (SSSR count). The Morgan fingerprint density at radius 1 is 1.16 bits per heavy atom. The van der Waals surface area contributed by atoms with Crippen molar-refractivity contribution in [2.45, 2.75) is 83.5 Å². The molecule has 5 aliphatic rings. The molecule has 9 atom stereocenters. The first-order valence-electron chi connectivity index (χ1n) is 12.7. The number of cyclic esters (lactones) is 1. The van der Waals surface area contributed by atoms with Gasteiger partial charge in [0.25, 0.3) is 0 Å². The van der Waals surface area contributed by atoms with Crippen LogP contribution < -0.4 is 69.1 Å². The third-order valence-corrected chi connectivity index (χ3v) is 10.6. The molecule has 6 unspecified atom stereocenters. The van der Waals surface area contributed by atoms with Gasteiger partial charge in [0.15, 0.2) is 0 Å². The zero-order chi connectivity index (χ0) is 26.0. The molecule has 0 radical (unpaired) electrons. The van der Waals surface area contributed by atoms with Crippen LogP contribution in [-0.2, 0) is 27.9 Å². The molecule has 1 heterocycles. The Morgan fingerprint density at radius 3 is 2.50 bits per heavy atom. The van der Waals surface area contributed by atoms with Crippen LogP contribution in [-0.4, -0.2) is 46.9 Å². The van der Waals surface area contributed by atoms with Crippen molar-refractivity contribution in [3.05, 3.63) is 23.2 Å². The zero-order valence-corrected chi connectivity index (χ0v) is 27.4. The maximum Gasteiger partial charge on any atom is 1.00 e. The second-order valence-electron chi connectivity index (χ2n) is 11.5. The standard InChI is InChI=1S/C25H35O10P.2Na/c1-24-9-7-14(34-36(31,32)35-22-20(29)21(18(27)12-26)33-23(22)30)11-13(24)3-4-15-16-5-6-19(28)25(16,2)10-8-17(15)24;;/h3,14-18,21,26-27,29H,4-12H2,1-2H3,(H,31,32);;/q;2*+1/p-2/t14-,15?,16?,17?,18?,21?,24-,25-;;/m0../s1. The summed E-state index contributed by atoms with van der Waals surface area (Å²) in [6.07, 6.45) is 4.06. The minimum atomic E-state index is -5.10. The molecule has 0 bridgehead atoms. The van der Waals surface area contributed by atoms with Crippen LogP contribution in [0.2, 0.25) is 0 Å². The van der Waals surface area contributed by atoms with Crippen LogP contribution in [0.1, 0.15) is 65.2 Å². The van der Waals surface area contributed by atoms with Gasteiger partial charge in [-0.15, -0.1) is 0 Å². The molecule has 0 saturated heterocycles. The third-order valence-electron chi connectivity index (χ3n) is 9.69. The second-order valence-corrected chi connectivity index (χ2v) is 12.7. The predicted octanol–water partition coefficient (Wildman–Crippen LogP) is -4.75. The van der Waals surface area contributed by atoms with Crippen molar-refractivity contribution < 1.29 is 107 Å². The fourth-order valence-corrected chi connectivity index (χ4v) is 8.66. The summed E-state index contributed by atoms with van der Waals surface area (Å²) >= 11 is 0. The smallest absolute Gasteiger partial charge is 0.870 e. The molecule has 0 spiro atoms. The van der Waals surface area contributed by atoms with E-state index >= 15 is 0 Å². The summed E-state index contributed by atoms with van der Waals surface area (Å²) in [5.74, 6) is -1.88. The fraction of sp³-hybridized carbons (Fsp3) is 0.760. The number of rotatable bonds is 6. The SMILES string of the molecule is C[C@]12CC[C@H](OP(=O)([O-])OC3=C([O-])C(C(O)CO)OC3=O)CC1=CCC1C2CC[C@]2(C)C(=O)CCC12.[Na+].[Na+]. The van der Waals surface area contributed by atoms with Gasteiger partial charge in [0.05, 0.1) is 12.7 Å². The molecule has 3 fully saturated rings. The number of hydrogen-bond acceptors (Lipinski definition) is 10. The summed E-state index contributed by atoms with van der Waals surface area (Å²) in [4.78, 5) is 37.1. The van der Waals surface area contributed by atoms with Gasteiger partial charge in [0, 0.05) is 11.8 Å². The Bertz CT molecular complexity index is 1080. The number of carbonyl (C=O) groups is 2. The Labute approximate surface area is 266 Å². The Morgan fingerprint density at radius 2 is 1.82 bits per heavy atom. The molecule has 10 nitrogen and oxygen atoms in total. The van der Waals surface area contributed by atoms with Gasteiger partial charge < -0.3 is 34.0 Å². The van der Waals surface area contributed by atoms with Crippen LogP contribution in [0.5, 0.6) is 0 Å². The number of allylic oxidation sites excluding steroid dienone is 1. The van der Waals surface area contributed by atoms with Gasteiger partial charge in [-0.3, -0.25) is 9.36 Å². The second kappa shape index (κ2) is 11.9. The summed E-state index contributed by atoms with van der Waals surface area (Å²) in [5, 5.41) is 30.8. The number of aliphatic hydroxyl groups excluding tert-OH is 2. The van der Waals surface area contributed by atoms with Crippen molar-refractivity contribution in [1.82, 2.24) is 0 Å². The summed E-state index contributed by atoms with van der Waals surface area (Å²) in [6, 6.07) is 0. The van der Waals surface area contributed by atoms with Crippen LogP contribution >= 0.6 is 7.82 Å². The molecule has 38 heavy (non-hydrogen) atoms. The number of phosphoric ester groups is 1. The average Bonchev–Trinajstić information content (AvgIpc) is 3.28. The van der Waals surface area contributed by atoms with E-state index < -0.39 is 50.2 Å². The zero-order valence-electron chi connectivity index (χ0n) is 22.5. The molecule has 0 aromatic heterocycles. The fourth-order valence-electron chi connectivity index (χ4n) is 7.69. The first-order chi connectivity index (χ1) is 16.9. The van der Waals surface area contributed by atoms with Gasteiger partial charge in [-0.05, 0) is 73.9 Å². The number of hydrogen-bond donors (Lipinski definition) is 2. The van der Waals surface area contributed by atoms with Gasteiger partial charge in [0.2, 0.25) is 5.76 Å². The van der Waals surface area contributed by atoms with Crippen molar-refractivity contribution in [2.75, 3.05) is 6.61 Å². The topological polar surface area (TPSA) is 165 Å². The first kappa shape index (κ1) is 32.8. The number of ketones is 1. The van der Waals surface area contributed by atoms with Crippen molar-refractivity contribution in [3.8, 4) is 0 Å². The number of phosphoric acid groups is 1. The number of fused-ring (bicyclic) bond motifs is 5. The predicted molar refractivity (Wildman–Crippen MR) is 120 cm³/mol. The van der Waals surface area contributed by atoms with Gasteiger partial charge in [-0.25, -0.2) is 4.79 Å². The first-order valence-corrected chi connectivity index (χ1v) is 14.2. The molecule has 200 valence electrons.